The van der Waals surface area contributed by atoms with Gasteiger partial charge in [0.05, 0.1) is 54.9 Å². The summed E-state index contributed by atoms with van der Waals surface area (Å²) in [4.78, 5) is 78.9. The summed E-state index contributed by atoms with van der Waals surface area (Å²) < 4.78 is 28.7. The molecule has 4 aromatic rings. The molecule has 0 radical (unpaired) electrons. The van der Waals surface area contributed by atoms with Crippen molar-refractivity contribution in [1.29, 1.82) is 0 Å². The van der Waals surface area contributed by atoms with E-state index in [1.54, 1.807) is 0 Å². The van der Waals surface area contributed by atoms with Gasteiger partial charge in [0, 0.05) is 53.4 Å². The summed E-state index contributed by atoms with van der Waals surface area (Å²) in [6, 6.07) is 18.9. The van der Waals surface area contributed by atoms with Gasteiger partial charge in [-0.1, -0.05) is 82.3 Å². The Morgan fingerprint density at radius 1 is 0.836 bits per heavy atom. The molecule has 67 heavy (non-hydrogen) atoms. The van der Waals surface area contributed by atoms with Gasteiger partial charge >= 0.3 is 18.0 Å². The summed E-state index contributed by atoms with van der Waals surface area (Å²) in [5, 5.41) is 58.8. The van der Waals surface area contributed by atoms with Gasteiger partial charge in [-0.05, 0) is 35.2 Å². The maximum atomic E-state index is 14.2. The molecule has 6 atom stereocenters. The number of ether oxygens (including phenoxy) is 5. The average molecular weight is 958 g/mol. The number of hydrogen-bond donors (Lipinski definition) is 6. The van der Waals surface area contributed by atoms with Crippen molar-refractivity contribution in [3.63, 3.8) is 0 Å². The fraction of sp³-hybridized carbons (Fsp3) is 0.375. The third-order valence-corrected chi connectivity index (χ3v) is 14.9. The molecule has 1 heterocycles. The highest BCUT2D eigenvalue weighted by molar-refractivity contribution is 8.76. The highest BCUT2D eigenvalue weighted by Crippen LogP contribution is 2.53. The van der Waals surface area contributed by atoms with E-state index in [4.69, 9.17) is 28.8 Å². The number of carbonyl (C=O) groups is 6. The Hall–Kier alpha value is -5.96. The first kappa shape index (κ1) is 47.5. The molecule has 4 aromatic carbocycles. The Morgan fingerprint density at radius 3 is 2.15 bits per heavy atom. The minimum Gasteiger partial charge on any atom is -0.507 e. The van der Waals surface area contributed by atoms with Gasteiger partial charge in [-0.15, -0.1) is 0 Å². The molecule has 352 valence electrons. The van der Waals surface area contributed by atoms with Crippen molar-refractivity contribution in [2.24, 2.45) is 0 Å². The lowest BCUT2D eigenvalue weighted by Crippen LogP contribution is -2.56. The van der Waals surface area contributed by atoms with Crippen LogP contribution in [0, 0.1) is 0 Å². The number of esters is 1. The molecular formula is C48H47NO16S2. The van der Waals surface area contributed by atoms with Crippen LogP contribution < -0.4 is 10.1 Å². The number of phenols is 2. The lowest BCUT2D eigenvalue weighted by Gasteiger charge is -2.42. The fourth-order valence-electron chi connectivity index (χ4n) is 9.23. The predicted molar refractivity (Wildman–Crippen MR) is 241 cm³/mol. The van der Waals surface area contributed by atoms with Gasteiger partial charge < -0.3 is 54.5 Å². The smallest absolute Gasteiger partial charge is 0.407 e. The molecule has 4 aliphatic rings. The first-order valence-electron chi connectivity index (χ1n) is 21.5. The maximum Gasteiger partial charge on any atom is 0.407 e. The quantitative estimate of drug-likeness (QED) is 0.0314. The third-order valence-electron chi connectivity index (χ3n) is 12.5. The van der Waals surface area contributed by atoms with Crippen LogP contribution in [0.2, 0.25) is 0 Å². The molecule has 8 rings (SSSR count). The number of aliphatic hydroxyl groups is 2. The molecule has 1 aliphatic heterocycles. The van der Waals surface area contributed by atoms with E-state index in [0.29, 0.717) is 5.75 Å². The van der Waals surface area contributed by atoms with E-state index in [1.807, 2.05) is 48.5 Å². The zero-order chi connectivity index (χ0) is 47.7. The summed E-state index contributed by atoms with van der Waals surface area (Å²) in [5.41, 5.74) is -0.312. The number of alkyl carbamates (subject to hydrolysis) is 1. The van der Waals surface area contributed by atoms with E-state index in [2.05, 4.69) is 5.32 Å². The van der Waals surface area contributed by atoms with Crippen molar-refractivity contribution in [3.8, 4) is 28.4 Å². The number of fused-ring (bicyclic) bond motifs is 6. The summed E-state index contributed by atoms with van der Waals surface area (Å²) in [6.07, 6.45) is -7.74. The van der Waals surface area contributed by atoms with Crippen LogP contribution in [0.4, 0.5) is 4.79 Å². The van der Waals surface area contributed by atoms with Gasteiger partial charge in [0.2, 0.25) is 11.6 Å². The van der Waals surface area contributed by atoms with Crippen molar-refractivity contribution in [1.82, 2.24) is 5.32 Å². The Morgan fingerprint density at radius 2 is 1.48 bits per heavy atom. The highest BCUT2D eigenvalue weighted by atomic mass is 33.1. The summed E-state index contributed by atoms with van der Waals surface area (Å²) in [7, 11) is 3.80. The lowest BCUT2D eigenvalue weighted by molar-refractivity contribution is -0.249. The van der Waals surface area contributed by atoms with Crippen LogP contribution in [0.25, 0.3) is 11.1 Å². The summed E-state index contributed by atoms with van der Waals surface area (Å²) in [5.74, 6) is -5.64. The minimum absolute atomic E-state index is 0.00721. The Kier molecular flexibility index (Phi) is 14.0. The van der Waals surface area contributed by atoms with Crippen LogP contribution >= 0.6 is 21.6 Å². The standard InChI is InChI=1S/C48H47NO16S2/c1-23-42(54)31(49-47(59)63-21-30-26-10-5-3-8-24(26)25-9-4-6-11-27(25)30)18-37(64-23)65-33-20-48(60,34(50)22-62-36(53)15-17-67-66-16-14-35(51)52)19-29-39(33)46(58)41-40(44(29)56)43(55)28-12-7-13-32(61-2)38(28)45(41)57/h3-13,23,30-31,33,37,42,54,56,58,60H,14-22H2,1-2H3,(H,49,59)(H,51,52)/t23-,31-,33-,37-,42+,48-/m0/s1. The van der Waals surface area contributed by atoms with E-state index in [9.17, 15) is 49.2 Å². The summed E-state index contributed by atoms with van der Waals surface area (Å²) >= 11 is 0. The topological polar surface area (TPSA) is 262 Å². The number of benzene rings is 4. The van der Waals surface area contributed by atoms with Gasteiger partial charge in [0.1, 0.15) is 35.6 Å². The van der Waals surface area contributed by atoms with Crippen LogP contribution in [-0.4, -0.2) is 123 Å². The monoisotopic (exact) mass is 957 g/mol. The number of ketones is 3. The van der Waals surface area contributed by atoms with Gasteiger partial charge in [-0.25, -0.2) is 4.79 Å². The number of phenolic OH excluding ortho intramolecular Hbond substituents is 2. The van der Waals surface area contributed by atoms with Crippen LogP contribution in [0.1, 0.15) is 98.7 Å². The number of carboxylic acid groups (broad SMARTS) is 1. The van der Waals surface area contributed by atoms with Crippen molar-refractivity contribution in [2.75, 3.05) is 31.8 Å². The molecule has 19 heteroatoms. The average Bonchev–Trinajstić information content (AvgIpc) is 3.63. The Balaban J connectivity index is 1.03. The molecule has 0 unspecified atom stereocenters. The number of nitrogens with one attached hydrogen (secondary N) is 1. The van der Waals surface area contributed by atoms with E-state index in [0.717, 1.165) is 22.3 Å². The number of hydrogen-bond acceptors (Lipinski definition) is 17. The second-order valence-corrected chi connectivity index (χ2v) is 19.3. The number of aliphatic hydroxyl groups excluding tert-OH is 1. The van der Waals surface area contributed by atoms with Gasteiger partial charge in [0.25, 0.3) is 0 Å². The molecule has 1 amide bonds. The number of aliphatic carboxylic acids is 1. The second-order valence-electron chi connectivity index (χ2n) is 16.6. The van der Waals surface area contributed by atoms with Crippen LogP contribution in [0.5, 0.6) is 17.2 Å². The van der Waals surface area contributed by atoms with Gasteiger partial charge in [0.15, 0.2) is 18.7 Å². The number of amides is 1. The number of carboxylic acids is 1. The number of methoxy groups -OCH3 is 1. The van der Waals surface area contributed by atoms with Crippen LogP contribution in [-0.2, 0) is 39.8 Å². The van der Waals surface area contributed by atoms with Crippen molar-refractivity contribution in [3.05, 3.63) is 111 Å². The molecule has 0 aromatic heterocycles. The van der Waals surface area contributed by atoms with E-state index < -0.39 is 114 Å². The molecular weight excluding hydrogens is 911 g/mol. The van der Waals surface area contributed by atoms with Crippen LogP contribution in [0.15, 0.2) is 66.7 Å². The lowest BCUT2D eigenvalue weighted by atomic mass is 9.72. The molecule has 1 fully saturated rings. The van der Waals surface area contributed by atoms with Crippen molar-refractivity contribution in [2.45, 2.75) is 81.2 Å². The number of carbonyl (C=O) groups excluding carboxylic acids is 5. The van der Waals surface area contributed by atoms with E-state index in [-0.39, 0.29) is 65.5 Å². The van der Waals surface area contributed by atoms with E-state index in [1.165, 1.54) is 53.8 Å². The van der Waals surface area contributed by atoms with Gasteiger partial charge in [-0.3, -0.25) is 24.0 Å². The molecule has 1 saturated heterocycles. The maximum absolute atomic E-state index is 14.2. The summed E-state index contributed by atoms with van der Waals surface area (Å²) in [6.45, 7) is 0.607. The molecule has 0 spiro atoms. The van der Waals surface area contributed by atoms with Crippen molar-refractivity contribution < 1.29 is 78.0 Å². The third kappa shape index (κ3) is 9.35. The first-order chi connectivity index (χ1) is 32.1. The normalized spacial score (nSPS) is 22.7. The molecule has 17 nitrogen and oxygen atoms in total. The Bertz CT molecular complexity index is 2610. The highest BCUT2D eigenvalue weighted by Gasteiger charge is 2.51. The Labute approximate surface area is 391 Å². The second kappa shape index (κ2) is 19.7. The van der Waals surface area contributed by atoms with Crippen LogP contribution in [0.3, 0.4) is 0 Å². The van der Waals surface area contributed by atoms with Gasteiger partial charge in [-0.2, -0.15) is 0 Å². The number of rotatable bonds is 16. The zero-order valence-electron chi connectivity index (χ0n) is 36.2. The molecule has 0 bridgehead atoms. The molecule has 0 saturated carbocycles. The number of Topliss-reactive ketones (excluding diaryl/α,β-unsaturated/α-hetero) is 1. The predicted octanol–water partition coefficient (Wildman–Crippen LogP) is 5.38. The SMILES string of the molecule is COc1cccc2c1C(=O)c1c(O)c3c(c(O)c1C2=O)C[C@@](O)(C(=O)COC(=O)CCSSCCC(=O)O)C[C@@H]3O[C@H]1C[C@H](NC(=O)OCC2c3ccccc3-c3ccccc32)[C@H](O)[C@H](C)O1. The number of aromatic hydroxyl groups is 2. The van der Waals surface area contributed by atoms with Crippen molar-refractivity contribution >= 4 is 57.0 Å². The fourth-order valence-corrected chi connectivity index (χ4v) is 11.2. The van der Waals surface area contributed by atoms with E-state index >= 15 is 0 Å². The molecule has 6 N–H and O–H groups in total. The largest absolute Gasteiger partial charge is 0.507 e. The minimum atomic E-state index is -2.46. The zero-order valence-corrected chi connectivity index (χ0v) is 37.9. The first-order valence-corrected chi connectivity index (χ1v) is 24.0. The molecule has 3 aliphatic carbocycles.